The lowest BCUT2D eigenvalue weighted by Gasteiger charge is -2.28. The number of aliphatic carboxylic acids is 1. The fourth-order valence-electron chi connectivity index (χ4n) is 2.42. The molecule has 1 aliphatic carbocycles. The Morgan fingerprint density at radius 1 is 1.37 bits per heavy atom. The first-order valence-corrected chi connectivity index (χ1v) is 6.70. The number of carboxylic acid groups (broad SMARTS) is 1. The third kappa shape index (κ3) is 3.37. The summed E-state index contributed by atoms with van der Waals surface area (Å²) in [6.45, 7) is 6.35. The van der Waals surface area contributed by atoms with E-state index in [2.05, 4.69) is 10.2 Å². The Bertz CT molecular complexity index is 387. The standard InChI is InChI=1S/C13H22N2O4/c1-12(2,3)19-11(18)14-13(10(16)17)6-7-15(8-13)9-4-5-9/h9H,4-8H2,1-3H3,(H,14,18)(H,16,17). The Hall–Kier alpha value is -1.30. The van der Waals surface area contributed by atoms with Gasteiger partial charge in [0.1, 0.15) is 5.60 Å². The topological polar surface area (TPSA) is 78.9 Å². The van der Waals surface area contributed by atoms with Gasteiger partial charge in [-0.1, -0.05) is 0 Å². The van der Waals surface area contributed by atoms with Gasteiger partial charge in [-0.05, 0) is 40.0 Å². The molecule has 1 unspecified atom stereocenters. The molecule has 1 heterocycles. The maximum Gasteiger partial charge on any atom is 0.408 e. The molecule has 2 N–H and O–H groups in total. The Balaban J connectivity index is 2.00. The molecule has 2 fully saturated rings. The Kier molecular flexibility index (Phi) is 3.47. The average Bonchev–Trinajstić information content (AvgIpc) is 2.98. The van der Waals surface area contributed by atoms with Crippen LogP contribution in [0.3, 0.4) is 0 Å². The molecular formula is C13H22N2O4. The SMILES string of the molecule is CC(C)(C)OC(=O)NC1(C(=O)O)CCN(C2CC2)C1. The summed E-state index contributed by atoms with van der Waals surface area (Å²) in [4.78, 5) is 25.5. The maximum absolute atomic E-state index is 11.8. The van der Waals surface area contributed by atoms with Gasteiger partial charge in [0.15, 0.2) is 5.54 Å². The summed E-state index contributed by atoms with van der Waals surface area (Å²) < 4.78 is 5.15. The van der Waals surface area contributed by atoms with E-state index in [9.17, 15) is 14.7 Å². The first kappa shape index (κ1) is 14.1. The predicted molar refractivity (Wildman–Crippen MR) is 68.9 cm³/mol. The van der Waals surface area contributed by atoms with Gasteiger partial charge in [-0.3, -0.25) is 4.90 Å². The largest absolute Gasteiger partial charge is 0.479 e. The molecule has 1 atom stereocenters. The van der Waals surface area contributed by atoms with Crippen LogP contribution in [0.15, 0.2) is 0 Å². The van der Waals surface area contributed by atoms with Crippen LogP contribution in [-0.2, 0) is 9.53 Å². The van der Waals surface area contributed by atoms with Crippen LogP contribution in [0, 0.1) is 0 Å². The van der Waals surface area contributed by atoms with E-state index in [4.69, 9.17) is 4.74 Å². The van der Waals surface area contributed by atoms with E-state index >= 15 is 0 Å². The van der Waals surface area contributed by atoms with Gasteiger partial charge in [-0.2, -0.15) is 0 Å². The Morgan fingerprint density at radius 2 is 2.00 bits per heavy atom. The minimum Gasteiger partial charge on any atom is -0.479 e. The van der Waals surface area contributed by atoms with E-state index in [0.29, 0.717) is 25.6 Å². The lowest BCUT2D eigenvalue weighted by atomic mass is 9.99. The fraction of sp³-hybridized carbons (Fsp3) is 0.846. The molecule has 19 heavy (non-hydrogen) atoms. The van der Waals surface area contributed by atoms with Crippen LogP contribution >= 0.6 is 0 Å². The zero-order valence-electron chi connectivity index (χ0n) is 11.7. The maximum atomic E-state index is 11.8. The molecule has 1 saturated carbocycles. The number of carbonyl (C=O) groups excluding carboxylic acids is 1. The van der Waals surface area contributed by atoms with Crippen LogP contribution in [0.5, 0.6) is 0 Å². The number of nitrogens with one attached hydrogen (secondary N) is 1. The number of alkyl carbamates (subject to hydrolysis) is 1. The second-order valence-electron chi connectivity index (χ2n) is 6.47. The van der Waals surface area contributed by atoms with Crippen molar-refractivity contribution in [1.82, 2.24) is 10.2 Å². The summed E-state index contributed by atoms with van der Waals surface area (Å²) in [6, 6.07) is 0.502. The highest BCUT2D eigenvalue weighted by Gasteiger charge is 2.49. The van der Waals surface area contributed by atoms with E-state index in [1.54, 1.807) is 20.8 Å². The number of rotatable bonds is 3. The second kappa shape index (κ2) is 4.67. The first-order valence-electron chi connectivity index (χ1n) is 6.70. The van der Waals surface area contributed by atoms with Crippen molar-refractivity contribution in [1.29, 1.82) is 0 Å². The van der Waals surface area contributed by atoms with Gasteiger partial charge in [-0.15, -0.1) is 0 Å². The van der Waals surface area contributed by atoms with Crippen molar-refractivity contribution in [3.63, 3.8) is 0 Å². The predicted octanol–water partition coefficient (Wildman–Crippen LogP) is 1.20. The summed E-state index contributed by atoms with van der Waals surface area (Å²) in [5.41, 5.74) is -1.83. The highest BCUT2D eigenvalue weighted by atomic mass is 16.6. The third-order valence-electron chi connectivity index (χ3n) is 3.51. The minimum absolute atomic E-state index is 0.367. The van der Waals surface area contributed by atoms with Crippen LogP contribution < -0.4 is 5.32 Å². The highest BCUT2D eigenvalue weighted by molar-refractivity contribution is 5.85. The van der Waals surface area contributed by atoms with Crippen LogP contribution in [0.2, 0.25) is 0 Å². The quantitative estimate of drug-likeness (QED) is 0.805. The number of hydrogen-bond donors (Lipinski definition) is 2. The average molecular weight is 270 g/mol. The number of nitrogens with zero attached hydrogens (tertiary/aromatic N) is 1. The molecule has 0 aromatic carbocycles. The van der Waals surface area contributed by atoms with Crippen LogP contribution in [0.25, 0.3) is 0 Å². The van der Waals surface area contributed by atoms with Crippen molar-refractivity contribution >= 4 is 12.1 Å². The molecule has 2 aliphatic rings. The summed E-state index contributed by atoms with van der Waals surface area (Å²) in [7, 11) is 0. The lowest BCUT2D eigenvalue weighted by Crippen LogP contribution is -2.57. The van der Waals surface area contributed by atoms with Crippen LogP contribution in [0.1, 0.15) is 40.0 Å². The third-order valence-corrected chi connectivity index (χ3v) is 3.51. The van der Waals surface area contributed by atoms with Gasteiger partial charge in [-0.25, -0.2) is 9.59 Å². The van der Waals surface area contributed by atoms with Crippen molar-refractivity contribution in [3.05, 3.63) is 0 Å². The lowest BCUT2D eigenvalue weighted by molar-refractivity contribution is -0.144. The molecular weight excluding hydrogens is 248 g/mol. The fourth-order valence-corrected chi connectivity index (χ4v) is 2.42. The molecule has 1 saturated heterocycles. The van der Waals surface area contributed by atoms with E-state index in [1.165, 1.54) is 0 Å². The summed E-state index contributed by atoms with van der Waals surface area (Å²) in [6.07, 6.45) is 2.02. The van der Waals surface area contributed by atoms with E-state index in [0.717, 1.165) is 12.8 Å². The van der Waals surface area contributed by atoms with Gasteiger partial charge in [0.25, 0.3) is 0 Å². The summed E-state index contributed by atoms with van der Waals surface area (Å²) in [5, 5.41) is 12.0. The molecule has 1 amide bonds. The van der Waals surface area contributed by atoms with Crippen LogP contribution in [-0.4, -0.2) is 52.3 Å². The smallest absolute Gasteiger partial charge is 0.408 e. The minimum atomic E-state index is -1.20. The van der Waals surface area contributed by atoms with Crippen molar-refractivity contribution in [2.75, 3.05) is 13.1 Å². The molecule has 0 aromatic heterocycles. The number of likely N-dealkylation sites (tertiary alicyclic amines) is 1. The highest BCUT2D eigenvalue weighted by Crippen LogP contribution is 2.33. The van der Waals surface area contributed by atoms with E-state index in [-0.39, 0.29) is 0 Å². The molecule has 0 aromatic rings. The van der Waals surface area contributed by atoms with E-state index in [1.807, 2.05) is 0 Å². The van der Waals surface area contributed by atoms with Gasteiger partial charge < -0.3 is 15.2 Å². The van der Waals surface area contributed by atoms with Gasteiger partial charge in [0, 0.05) is 19.1 Å². The zero-order chi connectivity index (χ0) is 14.3. The van der Waals surface area contributed by atoms with Gasteiger partial charge in [0.2, 0.25) is 0 Å². The number of hydrogen-bond acceptors (Lipinski definition) is 4. The first-order chi connectivity index (χ1) is 8.72. The number of carbonyl (C=O) groups is 2. The monoisotopic (exact) mass is 270 g/mol. The van der Waals surface area contributed by atoms with Crippen molar-refractivity contribution in [3.8, 4) is 0 Å². The number of carboxylic acids is 1. The second-order valence-corrected chi connectivity index (χ2v) is 6.47. The molecule has 108 valence electrons. The van der Waals surface area contributed by atoms with Crippen molar-refractivity contribution in [2.45, 2.75) is 57.2 Å². The van der Waals surface area contributed by atoms with Crippen molar-refractivity contribution in [2.24, 2.45) is 0 Å². The molecule has 0 bridgehead atoms. The molecule has 2 rings (SSSR count). The number of ether oxygens (including phenoxy) is 1. The molecule has 6 heteroatoms. The van der Waals surface area contributed by atoms with Crippen LogP contribution in [0.4, 0.5) is 4.79 Å². The van der Waals surface area contributed by atoms with Crippen molar-refractivity contribution < 1.29 is 19.4 Å². The normalized spacial score (nSPS) is 28.2. The summed E-state index contributed by atoms with van der Waals surface area (Å²) >= 11 is 0. The molecule has 0 radical (unpaired) electrons. The Labute approximate surface area is 113 Å². The molecule has 0 spiro atoms. The zero-order valence-corrected chi connectivity index (χ0v) is 11.7. The number of amides is 1. The van der Waals surface area contributed by atoms with Gasteiger partial charge >= 0.3 is 12.1 Å². The molecule has 6 nitrogen and oxygen atoms in total. The van der Waals surface area contributed by atoms with Gasteiger partial charge in [0.05, 0.1) is 0 Å². The summed E-state index contributed by atoms with van der Waals surface area (Å²) in [5.74, 6) is -0.985. The van der Waals surface area contributed by atoms with E-state index < -0.39 is 23.2 Å². The molecule has 1 aliphatic heterocycles. The Morgan fingerprint density at radius 3 is 2.47 bits per heavy atom.